The SMILES string of the molecule is BC(/C(O)=C(\B)N(c1c(B)c(O)c(-c2ccc(-c3ccccc3)c(-c3ccccc3)c2)c(O)c1O)c1c(O)c(O)c(-c2cccc3c2oc2ccccc23)c(O)c1O)=C(/C(=C)O)c1ccccc1. The van der Waals surface area contributed by atoms with E-state index in [2.05, 4.69) is 6.58 Å². The van der Waals surface area contributed by atoms with Crippen LogP contribution in [0.4, 0.5) is 11.4 Å². The van der Waals surface area contributed by atoms with Crippen molar-refractivity contribution in [3.05, 3.63) is 186 Å². The van der Waals surface area contributed by atoms with Crippen LogP contribution < -0.4 is 10.4 Å². The van der Waals surface area contributed by atoms with Gasteiger partial charge in [-0.3, -0.25) is 0 Å². The molecule has 0 saturated heterocycles. The highest BCUT2D eigenvalue weighted by Crippen LogP contribution is 2.60. The molecule has 0 bridgehead atoms. The number of aromatic hydroxyl groups is 7. The number of anilines is 2. The van der Waals surface area contributed by atoms with Gasteiger partial charge in [-0.2, -0.15) is 0 Å². The second kappa shape index (κ2) is 17.4. The fourth-order valence-corrected chi connectivity index (χ4v) is 9.04. The van der Waals surface area contributed by atoms with Crippen molar-refractivity contribution in [2.24, 2.45) is 0 Å². The van der Waals surface area contributed by atoms with Crippen LogP contribution in [0.1, 0.15) is 5.56 Å². The van der Waals surface area contributed by atoms with E-state index in [1.54, 1.807) is 66.7 Å². The van der Waals surface area contributed by atoms with Gasteiger partial charge in [0.2, 0.25) is 0 Å². The largest absolute Gasteiger partial charge is 0.508 e. The third kappa shape index (κ3) is 7.24. The summed E-state index contributed by atoms with van der Waals surface area (Å²) in [5.74, 6) is -7.23. The molecule has 0 aliphatic heterocycles. The molecule has 0 amide bonds. The van der Waals surface area contributed by atoms with Crippen LogP contribution in [0.25, 0.3) is 72.0 Å². The van der Waals surface area contributed by atoms with Crippen molar-refractivity contribution in [3.63, 3.8) is 0 Å². The molecule has 11 nitrogen and oxygen atoms in total. The second-order valence-electron chi connectivity index (χ2n) is 16.4. The normalized spacial score (nSPS) is 12.2. The standard InChI is InChI=1S/C54H42B3NO10/c1-27(59)38(30-18-9-4-10-19-30)41(55)49(64)54(57)58(44-51(66)47(62)40(48(63)52(44)67)35-22-13-21-34-33-20-11-12-23-37(33)68-53(34)35)43-42(56)45(60)39(46(61)50(43)65)31-24-25-32(28-14-5-2-6-15-28)36(26-31)29-16-7-3-8-17-29/h2-26,59-67H,1,55-57H2/b41-38-,54-49-. The number of para-hydroxylation sites is 2. The predicted octanol–water partition coefficient (Wildman–Crippen LogP) is 9.07. The number of phenolic OH excluding ortho intramolecular Hbond substituents is 7. The topological polar surface area (TPSA) is 198 Å². The average molecular weight is 897 g/mol. The minimum Gasteiger partial charge on any atom is -0.508 e. The van der Waals surface area contributed by atoms with Gasteiger partial charge in [0, 0.05) is 27.5 Å². The van der Waals surface area contributed by atoms with Gasteiger partial charge in [0.05, 0.1) is 16.8 Å². The molecule has 9 rings (SSSR count). The first-order valence-electron chi connectivity index (χ1n) is 21.5. The molecule has 9 N–H and O–H groups in total. The van der Waals surface area contributed by atoms with Gasteiger partial charge in [-0.15, -0.1) is 0 Å². The van der Waals surface area contributed by atoms with Crippen molar-refractivity contribution in [2.75, 3.05) is 4.90 Å². The fraction of sp³-hybridized carbons (Fsp3) is 0. The Morgan fingerprint density at radius 2 is 1.01 bits per heavy atom. The molecule has 0 saturated carbocycles. The van der Waals surface area contributed by atoms with Gasteiger partial charge in [-0.1, -0.05) is 146 Å². The molecule has 0 spiro atoms. The number of fused-ring (bicyclic) bond motifs is 3. The van der Waals surface area contributed by atoms with Crippen LogP contribution in [-0.2, 0) is 0 Å². The lowest BCUT2D eigenvalue weighted by atomic mass is 9.80. The third-order valence-corrected chi connectivity index (χ3v) is 12.4. The van der Waals surface area contributed by atoms with Gasteiger partial charge >= 0.3 is 0 Å². The fourth-order valence-electron chi connectivity index (χ4n) is 9.04. The quantitative estimate of drug-likeness (QED) is 0.0209. The van der Waals surface area contributed by atoms with Crippen LogP contribution >= 0.6 is 0 Å². The van der Waals surface area contributed by atoms with Crippen LogP contribution in [0, 0.1) is 0 Å². The summed E-state index contributed by atoms with van der Waals surface area (Å²) >= 11 is 0. The summed E-state index contributed by atoms with van der Waals surface area (Å²) in [5, 5.41) is 109. The number of rotatable bonds is 10. The molecular formula is C54H42B3NO10. The lowest BCUT2D eigenvalue weighted by molar-refractivity contribution is 0.376. The van der Waals surface area contributed by atoms with Crippen LogP contribution in [0.15, 0.2) is 185 Å². The van der Waals surface area contributed by atoms with E-state index in [1.165, 1.54) is 29.6 Å². The average Bonchev–Trinajstić information content (AvgIpc) is 3.75. The summed E-state index contributed by atoms with van der Waals surface area (Å²) in [4.78, 5) is 0.888. The number of nitrogens with zero attached hydrogens (tertiary/aromatic N) is 1. The molecule has 14 heteroatoms. The van der Waals surface area contributed by atoms with Crippen molar-refractivity contribution in [1.82, 2.24) is 0 Å². The van der Waals surface area contributed by atoms with Crippen molar-refractivity contribution < 1.29 is 50.4 Å². The van der Waals surface area contributed by atoms with Gasteiger partial charge in [-0.25, -0.2) is 0 Å². The van der Waals surface area contributed by atoms with Crippen LogP contribution in [0.3, 0.4) is 0 Å². The van der Waals surface area contributed by atoms with E-state index in [-0.39, 0.29) is 38.8 Å². The number of benzene rings is 8. The number of phenols is 7. The van der Waals surface area contributed by atoms with Crippen molar-refractivity contribution >= 4 is 67.9 Å². The maximum absolute atomic E-state index is 12.3. The van der Waals surface area contributed by atoms with E-state index in [4.69, 9.17) is 4.42 Å². The predicted molar refractivity (Wildman–Crippen MR) is 276 cm³/mol. The summed E-state index contributed by atoms with van der Waals surface area (Å²) in [6, 6.07) is 45.2. The van der Waals surface area contributed by atoms with Gasteiger partial charge < -0.3 is 55.3 Å². The first-order valence-corrected chi connectivity index (χ1v) is 21.5. The molecule has 68 heavy (non-hydrogen) atoms. The van der Waals surface area contributed by atoms with Crippen molar-refractivity contribution in [1.29, 1.82) is 0 Å². The lowest BCUT2D eigenvalue weighted by Crippen LogP contribution is -2.26. The van der Waals surface area contributed by atoms with Gasteiger partial charge in [0.1, 0.15) is 49.8 Å². The van der Waals surface area contributed by atoms with E-state index in [9.17, 15) is 46.0 Å². The molecule has 0 unspecified atom stereocenters. The first kappa shape index (κ1) is 44.2. The summed E-state index contributed by atoms with van der Waals surface area (Å²) in [6.45, 7) is 3.71. The van der Waals surface area contributed by atoms with Crippen molar-refractivity contribution in [2.45, 2.75) is 0 Å². The zero-order valence-electron chi connectivity index (χ0n) is 37.0. The molecule has 0 fully saturated rings. The molecule has 1 heterocycles. The number of allylic oxidation sites excluding steroid dienone is 2. The Kier molecular flexibility index (Phi) is 11.3. The number of hydrogen-bond acceptors (Lipinski definition) is 11. The highest BCUT2D eigenvalue weighted by atomic mass is 16.3. The Labute approximate surface area is 392 Å². The number of hydrogen-bond donors (Lipinski definition) is 9. The van der Waals surface area contributed by atoms with E-state index < -0.39 is 68.7 Å². The van der Waals surface area contributed by atoms with Gasteiger partial charge in [0.25, 0.3) is 0 Å². The molecule has 0 atom stereocenters. The molecule has 0 radical (unpaired) electrons. The summed E-state index contributed by atoms with van der Waals surface area (Å²) in [6.07, 6.45) is 0. The molecule has 9 aromatic rings. The summed E-state index contributed by atoms with van der Waals surface area (Å²) in [5.41, 5.74) is 2.82. The van der Waals surface area contributed by atoms with Gasteiger partial charge in [0.15, 0.2) is 42.3 Å². The maximum Gasteiger partial charge on any atom is 0.186 e. The number of aliphatic hydroxyl groups excluding tert-OH is 2. The maximum atomic E-state index is 12.3. The smallest absolute Gasteiger partial charge is 0.186 e. The molecule has 0 aliphatic carbocycles. The zero-order chi connectivity index (χ0) is 48.1. The summed E-state index contributed by atoms with van der Waals surface area (Å²) < 4.78 is 6.16. The molecule has 1 aromatic heterocycles. The van der Waals surface area contributed by atoms with E-state index >= 15 is 0 Å². The minimum absolute atomic E-state index is 0.0287. The number of aliphatic hydroxyl groups is 2. The van der Waals surface area contributed by atoms with Gasteiger partial charge in [-0.05, 0) is 56.4 Å². The summed E-state index contributed by atoms with van der Waals surface area (Å²) in [7, 11) is 4.20. The Hall–Kier alpha value is -9.03. The van der Waals surface area contributed by atoms with Crippen molar-refractivity contribution in [3.8, 4) is 84.8 Å². The Balaban J connectivity index is 1.31. The van der Waals surface area contributed by atoms with E-state index in [0.29, 0.717) is 22.1 Å². The Bertz CT molecular complexity index is 3500. The Morgan fingerprint density at radius 1 is 0.485 bits per heavy atom. The zero-order valence-corrected chi connectivity index (χ0v) is 37.0. The Morgan fingerprint density at radius 3 is 1.63 bits per heavy atom. The molecular weight excluding hydrogens is 855 g/mol. The molecule has 0 aliphatic rings. The second-order valence-corrected chi connectivity index (χ2v) is 16.4. The third-order valence-electron chi connectivity index (χ3n) is 12.4. The van der Waals surface area contributed by atoms with Crippen LogP contribution in [0.5, 0.6) is 40.2 Å². The first-order chi connectivity index (χ1) is 32.7. The van der Waals surface area contributed by atoms with Crippen LogP contribution in [-0.4, -0.2) is 69.5 Å². The minimum atomic E-state index is -1.04. The molecule has 332 valence electrons. The van der Waals surface area contributed by atoms with Crippen LogP contribution in [0.2, 0.25) is 0 Å². The number of furan rings is 1. The monoisotopic (exact) mass is 897 g/mol. The van der Waals surface area contributed by atoms with E-state index in [1.807, 2.05) is 78.9 Å². The highest BCUT2D eigenvalue weighted by Gasteiger charge is 2.36. The molecule has 8 aromatic carbocycles. The highest BCUT2D eigenvalue weighted by molar-refractivity contribution is 6.41. The lowest BCUT2D eigenvalue weighted by Gasteiger charge is -2.32. The van der Waals surface area contributed by atoms with E-state index in [0.717, 1.165) is 32.5 Å².